The zero-order chi connectivity index (χ0) is 19.9. The number of esters is 4. The second-order valence-corrected chi connectivity index (χ2v) is 5.87. The molecule has 0 aromatic carbocycles. The number of carbonyl (C=O) groups excluding carboxylic acids is 4. The third kappa shape index (κ3) is 16.3. The average Bonchev–Trinajstić information content (AvgIpc) is 2.60. The summed E-state index contributed by atoms with van der Waals surface area (Å²) in [4.78, 5) is 46.3. The van der Waals surface area contributed by atoms with E-state index in [1.807, 2.05) is 0 Å². The van der Waals surface area contributed by atoms with E-state index in [1.54, 1.807) is 0 Å². The fourth-order valence-electron chi connectivity index (χ4n) is 1.93. The molecule has 2 atom stereocenters. The van der Waals surface area contributed by atoms with E-state index in [-0.39, 0.29) is 37.7 Å². The van der Waals surface area contributed by atoms with Crippen LogP contribution in [-0.4, -0.2) is 86.8 Å². The van der Waals surface area contributed by atoms with Crippen LogP contribution in [0.25, 0.3) is 0 Å². The Kier molecular flexibility index (Phi) is 22.4. The molecule has 0 saturated heterocycles. The van der Waals surface area contributed by atoms with Crippen molar-refractivity contribution in [2.45, 2.75) is 63.5 Å². The van der Waals surface area contributed by atoms with Crippen molar-refractivity contribution in [3.05, 3.63) is 0 Å². The van der Waals surface area contributed by atoms with Crippen LogP contribution in [0.5, 0.6) is 0 Å². The SMILES string of the molecule is NCCCC[C@H](N)C(=O)OC(=O)CCC(=O)OC(=O)[C@@H](N)CCCCN.[LiH].[LiH]. The van der Waals surface area contributed by atoms with Gasteiger partial charge in [-0.1, -0.05) is 12.8 Å². The van der Waals surface area contributed by atoms with Gasteiger partial charge in [-0.25, -0.2) is 9.59 Å². The normalized spacial score (nSPS) is 12.0. The van der Waals surface area contributed by atoms with E-state index >= 15 is 0 Å². The van der Waals surface area contributed by atoms with Gasteiger partial charge >= 0.3 is 61.6 Å². The molecule has 0 aliphatic heterocycles. The summed E-state index contributed by atoms with van der Waals surface area (Å²) < 4.78 is 9.10. The summed E-state index contributed by atoms with van der Waals surface area (Å²) in [6.07, 6.45) is 2.59. The van der Waals surface area contributed by atoms with Gasteiger partial charge in [-0.2, -0.15) is 0 Å². The molecule has 0 radical (unpaired) electrons. The number of rotatable bonds is 13. The second-order valence-electron chi connectivity index (χ2n) is 5.87. The molecule has 10 nitrogen and oxygen atoms in total. The molecule has 0 unspecified atom stereocenters. The fraction of sp³-hybridized carbons (Fsp3) is 0.750. The standard InChI is InChI=1S/C16H30N4O6.2Li.2H/c17-9-3-1-5-11(19)15(23)25-13(21)7-8-14(22)26-16(24)12(20)6-2-4-10-18;;;;/h11-12H,1-10,17-20H2;;;;/t11-,12-;;;;/m0..../s1. The van der Waals surface area contributed by atoms with E-state index in [2.05, 4.69) is 9.47 Å². The number of unbranched alkanes of at least 4 members (excludes halogenated alkanes) is 2. The van der Waals surface area contributed by atoms with Crippen molar-refractivity contribution in [2.24, 2.45) is 22.9 Å². The molecule has 0 aliphatic carbocycles. The maximum atomic E-state index is 11.6. The van der Waals surface area contributed by atoms with Crippen LogP contribution in [0.3, 0.4) is 0 Å². The van der Waals surface area contributed by atoms with E-state index in [0.29, 0.717) is 51.6 Å². The molecule has 0 amide bonds. The minimum atomic E-state index is -0.925. The summed E-state index contributed by atoms with van der Waals surface area (Å²) in [5.74, 6) is -3.56. The molecule has 12 heteroatoms. The quantitative estimate of drug-likeness (QED) is 0.113. The van der Waals surface area contributed by atoms with Crippen LogP contribution < -0.4 is 22.9 Å². The van der Waals surface area contributed by atoms with Crippen molar-refractivity contribution in [3.63, 3.8) is 0 Å². The van der Waals surface area contributed by atoms with Gasteiger partial charge in [-0.3, -0.25) is 9.59 Å². The second kappa shape index (κ2) is 19.6. The van der Waals surface area contributed by atoms with Gasteiger partial charge in [-0.05, 0) is 38.8 Å². The fourth-order valence-corrected chi connectivity index (χ4v) is 1.93. The zero-order valence-electron chi connectivity index (χ0n) is 15.0. The van der Waals surface area contributed by atoms with Gasteiger partial charge in [0.15, 0.2) is 0 Å². The molecular formula is C16H32Li2N4O6. The minimum absolute atomic E-state index is 0. The number of ether oxygens (including phenoxy) is 2. The molecule has 8 N–H and O–H groups in total. The van der Waals surface area contributed by atoms with Crippen LogP contribution in [0, 0.1) is 0 Å². The number of nitrogens with two attached hydrogens (primary N) is 4. The van der Waals surface area contributed by atoms with Gasteiger partial charge in [0.1, 0.15) is 12.1 Å². The summed E-state index contributed by atoms with van der Waals surface area (Å²) in [5, 5.41) is 0. The summed E-state index contributed by atoms with van der Waals surface area (Å²) in [5.41, 5.74) is 21.8. The van der Waals surface area contributed by atoms with E-state index in [9.17, 15) is 19.2 Å². The Balaban J connectivity index is -0.00000312. The Labute approximate surface area is 189 Å². The average molecular weight is 390 g/mol. The summed E-state index contributed by atoms with van der Waals surface area (Å²) in [6, 6.07) is -1.85. The van der Waals surface area contributed by atoms with Gasteiger partial charge in [0.2, 0.25) is 0 Å². The van der Waals surface area contributed by atoms with E-state index in [0.717, 1.165) is 0 Å². The molecular weight excluding hydrogens is 358 g/mol. The van der Waals surface area contributed by atoms with Gasteiger partial charge in [-0.15, -0.1) is 0 Å². The van der Waals surface area contributed by atoms with Crippen molar-refractivity contribution < 1.29 is 28.7 Å². The first kappa shape index (κ1) is 32.0. The van der Waals surface area contributed by atoms with Crippen LogP contribution in [-0.2, 0) is 28.7 Å². The summed E-state index contributed by atoms with van der Waals surface area (Å²) in [7, 11) is 0. The zero-order valence-corrected chi connectivity index (χ0v) is 15.0. The third-order valence-corrected chi connectivity index (χ3v) is 3.51. The Hall–Kier alpha value is -0.685. The molecule has 0 aliphatic rings. The van der Waals surface area contributed by atoms with Crippen molar-refractivity contribution >= 4 is 61.6 Å². The molecule has 0 rings (SSSR count). The monoisotopic (exact) mass is 390 g/mol. The predicted octanol–water partition coefficient (Wildman–Crippen LogP) is -2.48. The molecule has 0 aromatic rings. The molecule has 0 heterocycles. The van der Waals surface area contributed by atoms with Crippen molar-refractivity contribution in [1.29, 1.82) is 0 Å². The molecule has 0 saturated carbocycles. The Morgan fingerprint density at radius 3 is 1.25 bits per heavy atom. The van der Waals surface area contributed by atoms with Gasteiger partial charge in [0.25, 0.3) is 0 Å². The number of hydrogen-bond acceptors (Lipinski definition) is 10. The first-order valence-corrected chi connectivity index (χ1v) is 8.72. The Bertz CT molecular complexity index is 440. The predicted molar refractivity (Wildman–Crippen MR) is 107 cm³/mol. The first-order valence-electron chi connectivity index (χ1n) is 8.72. The maximum absolute atomic E-state index is 11.6. The molecule has 28 heavy (non-hydrogen) atoms. The van der Waals surface area contributed by atoms with Gasteiger partial charge in [0.05, 0.1) is 12.8 Å². The molecule has 0 bridgehead atoms. The van der Waals surface area contributed by atoms with Crippen LogP contribution in [0.2, 0.25) is 0 Å². The molecule has 0 aromatic heterocycles. The number of hydrogen-bond donors (Lipinski definition) is 4. The van der Waals surface area contributed by atoms with Crippen LogP contribution in [0.15, 0.2) is 0 Å². The van der Waals surface area contributed by atoms with Crippen LogP contribution in [0.4, 0.5) is 0 Å². The first-order chi connectivity index (χ1) is 12.3. The van der Waals surface area contributed by atoms with E-state index in [1.165, 1.54) is 0 Å². The van der Waals surface area contributed by atoms with Gasteiger partial charge in [0, 0.05) is 0 Å². The molecule has 0 fully saturated rings. The van der Waals surface area contributed by atoms with Crippen molar-refractivity contribution in [3.8, 4) is 0 Å². The van der Waals surface area contributed by atoms with Crippen LogP contribution >= 0.6 is 0 Å². The summed E-state index contributed by atoms with van der Waals surface area (Å²) >= 11 is 0. The third-order valence-electron chi connectivity index (χ3n) is 3.51. The van der Waals surface area contributed by atoms with Gasteiger partial charge < -0.3 is 32.4 Å². The van der Waals surface area contributed by atoms with Crippen LogP contribution in [0.1, 0.15) is 51.4 Å². The summed E-state index contributed by atoms with van der Waals surface area (Å²) in [6.45, 7) is 0.969. The van der Waals surface area contributed by atoms with Crippen molar-refractivity contribution in [1.82, 2.24) is 0 Å². The Morgan fingerprint density at radius 1 is 0.643 bits per heavy atom. The van der Waals surface area contributed by atoms with Crippen molar-refractivity contribution in [2.75, 3.05) is 13.1 Å². The van der Waals surface area contributed by atoms with E-state index in [4.69, 9.17) is 22.9 Å². The molecule has 0 spiro atoms. The molecule has 154 valence electrons. The Morgan fingerprint density at radius 2 is 0.964 bits per heavy atom. The van der Waals surface area contributed by atoms with E-state index < -0.39 is 48.8 Å². The topological polar surface area (TPSA) is 191 Å². The number of carbonyl (C=O) groups is 4.